The van der Waals surface area contributed by atoms with Gasteiger partial charge in [-0.1, -0.05) is 6.92 Å². The van der Waals surface area contributed by atoms with Crippen molar-refractivity contribution in [2.24, 2.45) is 0 Å². The molecular formula is C8H13N5O3. The normalized spacial score (nSPS) is 11.8. The van der Waals surface area contributed by atoms with Crippen molar-refractivity contribution in [1.29, 1.82) is 0 Å². The molecule has 4 N–H and O–H groups in total. The third-order valence-corrected chi connectivity index (χ3v) is 1.89. The molecule has 0 saturated heterocycles. The van der Waals surface area contributed by atoms with Gasteiger partial charge in [0, 0.05) is 0 Å². The van der Waals surface area contributed by atoms with E-state index in [1.165, 1.54) is 6.33 Å². The maximum Gasteiger partial charge on any atom is 0.326 e. The van der Waals surface area contributed by atoms with Crippen molar-refractivity contribution < 1.29 is 14.7 Å². The number of nitrogens with one attached hydrogen (secondary N) is 3. The number of carbonyl (C=O) groups is 2. The Bertz CT molecular complexity index is 351. The maximum atomic E-state index is 11.3. The molecule has 88 valence electrons. The van der Waals surface area contributed by atoms with E-state index >= 15 is 0 Å². The highest BCUT2D eigenvalue weighted by molar-refractivity contribution is 5.82. The fourth-order valence-electron chi connectivity index (χ4n) is 1.03. The summed E-state index contributed by atoms with van der Waals surface area (Å²) in [7, 11) is 0. The smallest absolute Gasteiger partial charge is 0.326 e. The molecule has 0 fully saturated rings. The molecular weight excluding hydrogens is 214 g/mol. The second kappa shape index (κ2) is 5.69. The van der Waals surface area contributed by atoms with Crippen molar-refractivity contribution in [3.05, 3.63) is 12.2 Å². The first-order valence-electron chi connectivity index (χ1n) is 4.75. The summed E-state index contributed by atoms with van der Waals surface area (Å²) in [4.78, 5) is 25.7. The van der Waals surface area contributed by atoms with E-state index in [1.807, 2.05) is 0 Å². The number of rotatable bonds is 5. The minimum atomic E-state index is -1.06. The van der Waals surface area contributed by atoms with Crippen molar-refractivity contribution in [2.45, 2.75) is 25.9 Å². The zero-order valence-corrected chi connectivity index (χ0v) is 8.73. The maximum absolute atomic E-state index is 11.3. The van der Waals surface area contributed by atoms with Gasteiger partial charge in [0.05, 0.1) is 6.54 Å². The van der Waals surface area contributed by atoms with E-state index in [-0.39, 0.29) is 6.54 Å². The van der Waals surface area contributed by atoms with Crippen LogP contribution in [0.4, 0.5) is 4.79 Å². The van der Waals surface area contributed by atoms with Gasteiger partial charge in [0.2, 0.25) is 0 Å². The quantitative estimate of drug-likeness (QED) is 0.538. The van der Waals surface area contributed by atoms with E-state index in [0.717, 1.165) is 0 Å². The summed E-state index contributed by atoms with van der Waals surface area (Å²) >= 11 is 0. The van der Waals surface area contributed by atoms with Crippen LogP contribution in [0.5, 0.6) is 0 Å². The topological polar surface area (TPSA) is 120 Å². The second-order valence-electron chi connectivity index (χ2n) is 3.06. The third kappa shape index (κ3) is 3.56. The molecule has 1 rings (SSSR count). The van der Waals surface area contributed by atoms with E-state index in [4.69, 9.17) is 5.11 Å². The number of H-pyrrole nitrogens is 1. The first-order valence-corrected chi connectivity index (χ1v) is 4.75. The predicted octanol–water partition coefficient (Wildman–Crippen LogP) is -0.533. The van der Waals surface area contributed by atoms with Gasteiger partial charge in [-0.05, 0) is 6.42 Å². The van der Waals surface area contributed by atoms with Crippen LogP contribution >= 0.6 is 0 Å². The summed E-state index contributed by atoms with van der Waals surface area (Å²) in [5.41, 5.74) is 0. The number of carboxylic acid groups (broad SMARTS) is 1. The molecule has 2 amide bonds. The standard InChI is InChI=1S/C8H13N5O3/c1-2-5(7(14)15)12-8(16)9-3-6-10-4-11-13-6/h4-5H,2-3H2,1H3,(H,14,15)(H2,9,12,16)(H,10,11,13). The average molecular weight is 227 g/mol. The van der Waals surface area contributed by atoms with Gasteiger partial charge in [-0.3, -0.25) is 5.10 Å². The number of carboxylic acids is 1. The highest BCUT2D eigenvalue weighted by Gasteiger charge is 2.17. The lowest BCUT2D eigenvalue weighted by Gasteiger charge is -2.12. The number of nitrogens with zero attached hydrogens (tertiary/aromatic N) is 2. The van der Waals surface area contributed by atoms with Gasteiger partial charge in [0.25, 0.3) is 0 Å². The predicted molar refractivity (Wildman–Crippen MR) is 53.5 cm³/mol. The summed E-state index contributed by atoms with van der Waals surface area (Å²) in [5, 5.41) is 19.6. The Kier molecular flexibility index (Phi) is 4.25. The van der Waals surface area contributed by atoms with Crippen LogP contribution in [0.1, 0.15) is 19.2 Å². The molecule has 0 spiro atoms. The second-order valence-corrected chi connectivity index (χ2v) is 3.06. The number of urea groups is 1. The first kappa shape index (κ1) is 12.0. The van der Waals surface area contributed by atoms with Gasteiger partial charge in [0.15, 0.2) is 0 Å². The third-order valence-electron chi connectivity index (χ3n) is 1.89. The highest BCUT2D eigenvalue weighted by Crippen LogP contribution is 1.91. The van der Waals surface area contributed by atoms with Crippen LogP contribution in [0.3, 0.4) is 0 Å². The number of carbonyl (C=O) groups excluding carboxylic acids is 1. The Hall–Kier alpha value is -2.12. The monoisotopic (exact) mass is 227 g/mol. The Morgan fingerprint density at radius 1 is 1.62 bits per heavy atom. The number of hydrogen-bond donors (Lipinski definition) is 4. The van der Waals surface area contributed by atoms with Crippen LogP contribution < -0.4 is 10.6 Å². The van der Waals surface area contributed by atoms with E-state index in [1.54, 1.807) is 6.92 Å². The van der Waals surface area contributed by atoms with Crippen molar-refractivity contribution in [1.82, 2.24) is 25.8 Å². The Morgan fingerprint density at radius 2 is 2.38 bits per heavy atom. The molecule has 0 aliphatic rings. The molecule has 8 nitrogen and oxygen atoms in total. The molecule has 0 bridgehead atoms. The molecule has 16 heavy (non-hydrogen) atoms. The molecule has 0 aliphatic heterocycles. The Balaban J connectivity index is 2.33. The van der Waals surface area contributed by atoms with Crippen molar-refractivity contribution in [3.63, 3.8) is 0 Å². The first-order chi connectivity index (χ1) is 7.63. The van der Waals surface area contributed by atoms with Crippen LogP contribution in [0.15, 0.2) is 6.33 Å². The number of aliphatic carboxylic acids is 1. The van der Waals surface area contributed by atoms with Crippen molar-refractivity contribution in [3.8, 4) is 0 Å². The zero-order valence-electron chi connectivity index (χ0n) is 8.73. The van der Waals surface area contributed by atoms with E-state index in [0.29, 0.717) is 12.2 Å². The Labute approximate surface area is 91.5 Å². The molecule has 1 atom stereocenters. The molecule has 0 radical (unpaired) electrons. The molecule has 1 heterocycles. The van der Waals surface area contributed by atoms with Gasteiger partial charge in [0.1, 0.15) is 18.2 Å². The van der Waals surface area contributed by atoms with Gasteiger partial charge in [-0.25, -0.2) is 14.6 Å². The summed E-state index contributed by atoms with van der Waals surface area (Å²) < 4.78 is 0. The van der Waals surface area contributed by atoms with E-state index in [9.17, 15) is 9.59 Å². The van der Waals surface area contributed by atoms with Crippen LogP contribution in [0.25, 0.3) is 0 Å². The number of amides is 2. The lowest BCUT2D eigenvalue weighted by molar-refractivity contribution is -0.139. The molecule has 8 heteroatoms. The van der Waals surface area contributed by atoms with Crippen molar-refractivity contribution >= 4 is 12.0 Å². The van der Waals surface area contributed by atoms with Crippen LogP contribution in [0, 0.1) is 0 Å². The zero-order chi connectivity index (χ0) is 12.0. The molecule has 0 aromatic carbocycles. The molecule has 0 saturated carbocycles. The van der Waals surface area contributed by atoms with Gasteiger partial charge in [-0.2, -0.15) is 5.10 Å². The summed E-state index contributed by atoms with van der Waals surface area (Å²) in [6, 6.07) is -1.43. The molecule has 1 aromatic rings. The van der Waals surface area contributed by atoms with Crippen LogP contribution in [-0.4, -0.2) is 38.3 Å². The van der Waals surface area contributed by atoms with Crippen LogP contribution in [-0.2, 0) is 11.3 Å². The van der Waals surface area contributed by atoms with E-state index < -0.39 is 18.0 Å². The van der Waals surface area contributed by atoms with E-state index in [2.05, 4.69) is 25.8 Å². The lowest BCUT2D eigenvalue weighted by atomic mass is 10.2. The van der Waals surface area contributed by atoms with Crippen molar-refractivity contribution in [2.75, 3.05) is 0 Å². The van der Waals surface area contributed by atoms with Gasteiger partial charge >= 0.3 is 12.0 Å². The summed E-state index contributed by atoms with van der Waals surface area (Å²) in [6.07, 6.45) is 1.64. The summed E-state index contributed by atoms with van der Waals surface area (Å²) in [6.45, 7) is 1.84. The Morgan fingerprint density at radius 3 is 2.88 bits per heavy atom. The fraction of sp³-hybridized carbons (Fsp3) is 0.500. The van der Waals surface area contributed by atoms with Gasteiger partial charge in [-0.15, -0.1) is 0 Å². The largest absolute Gasteiger partial charge is 0.480 e. The minimum Gasteiger partial charge on any atom is -0.480 e. The van der Waals surface area contributed by atoms with Crippen LogP contribution in [0.2, 0.25) is 0 Å². The summed E-state index contributed by atoms with van der Waals surface area (Å²) in [5.74, 6) is -0.559. The number of aromatic nitrogens is 3. The number of aromatic amines is 1. The number of hydrogen-bond acceptors (Lipinski definition) is 4. The highest BCUT2D eigenvalue weighted by atomic mass is 16.4. The fourth-order valence-corrected chi connectivity index (χ4v) is 1.03. The molecule has 1 unspecified atom stereocenters. The minimum absolute atomic E-state index is 0.169. The average Bonchev–Trinajstić information content (AvgIpc) is 2.75. The van der Waals surface area contributed by atoms with Gasteiger partial charge < -0.3 is 15.7 Å². The SMILES string of the molecule is CCC(NC(=O)NCc1ncn[nH]1)C(=O)O. The molecule has 1 aromatic heterocycles. The lowest BCUT2D eigenvalue weighted by Crippen LogP contribution is -2.45. The molecule has 0 aliphatic carbocycles.